The number of Topliss-reactive ketones (excluding diaryl/α,β-unsaturated/α-hetero) is 1. The van der Waals surface area contributed by atoms with Gasteiger partial charge in [0.2, 0.25) is 11.9 Å². The number of rotatable bonds is 3. The minimum Gasteiger partial charge on any atom is -0.388 e. The van der Waals surface area contributed by atoms with Gasteiger partial charge in [0.15, 0.2) is 23.1 Å². The van der Waals surface area contributed by atoms with Crippen molar-refractivity contribution in [3.63, 3.8) is 0 Å². The zero-order valence-corrected chi connectivity index (χ0v) is 14.8. The van der Waals surface area contributed by atoms with E-state index >= 15 is 0 Å². The van der Waals surface area contributed by atoms with Crippen LogP contribution in [0.4, 0.5) is 34.9 Å². The van der Waals surface area contributed by atoms with E-state index in [1.54, 1.807) is 0 Å². The summed E-state index contributed by atoms with van der Waals surface area (Å²) in [4.78, 5) is 53.6. The molecule has 150 valence electrons. The third kappa shape index (κ3) is 3.16. The molecule has 0 radical (unpaired) electrons. The fourth-order valence-electron chi connectivity index (χ4n) is 3.03. The number of nitrogens with one attached hydrogen (secondary N) is 5. The molecule has 0 atom stereocenters. The van der Waals surface area contributed by atoms with Crippen LogP contribution in [0.5, 0.6) is 0 Å². The SMILES string of the molecule is Nc1nc2c(c(=O)[nH]1)N=C(/C(C(=O)CO)=C1/CNc3nc(N)[nH]c(=O)c3N1)CN2. The third-order valence-electron chi connectivity index (χ3n) is 4.24. The number of nitrogens with two attached hydrogens (primary N) is 2. The highest BCUT2D eigenvalue weighted by Crippen LogP contribution is 2.27. The number of fused-ring (bicyclic) bond motifs is 2. The second-order valence-electron chi connectivity index (χ2n) is 6.15. The predicted molar refractivity (Wildman–Crippen MR) is 105 cm³/mol. The first-order valence-corrected chi connectivity index (χ1v) is 8.37. The van der Waals surface area contributed by atoms with Gasteiger partial charge in [-0.15, -0.1) is 0 Å². The smallest absolute Gasteiger partial charge is 0.280 e. The molecule has 10 N–H and O–H groups in total. The first-order chi connectivity index (χ1) is 13.9. The lowest BCUT2D eigenvalue weighted by molar-refractivity contribution is -0.117. The highest BCUT2D eigenvalue weighted by Gasteiger charge is 2.28. The maximum atomic E-state index is 12.5. The van der Waals surface area contributed by atoms with Crippen molar-refractivity contribution in [2.24, 2.45) is 4.99 Å². The fraction of sp³-hybridized carbons (Fsp3) is 0.200. The van der Waals surface area contributed by atoms with Gasteiger partial charge >= 0.3 is 0 Å². The molecule has 29 heavy (non-hydrogen) atoms. The monoisotopic (exact) mass is 400 g/mol. The molecule has 0 aromatic carbocycles. The van der Waals surface area contributed by atoms with Crippen molar-refractivity contribution in [2.75, 3.05) is 47.1 Å². The zero-order chi connectivity index (χ0) is 20.7. The van der Waals surface area contributed by atoms with E-state index in [1.807, 2.05) is 0 Å². The number of carbonyl (C=O) groups excluding carboxylic acids is 1. The third-order valence-corrected chi connectivity index (χ3v) is 4.24. The Hall–Kier alpha value is -4.20. The predicted octanol–water partition coefficient (Wildman–Crippen LogP) is -2.13. The van der Waals surface area contributed by atoms with E-state index in [4.69, 9.17) is 11.5 Å². The number of aliphatic hydroxyl groups excluding tert-OH is 1. The van der Waals surface area contributed by atoms with Gasteiger partial charge in [-0.05, 0) is 0 Å². The lowest BCUT2D eigenvalue weighted by Crippen LogP contribution is -2.34. The number of hydrogen-bond acceptors (Lipinski definition) is 12. The molecule has 0 fully saturated rings. The second kappa shape index (κ2) is 6.75. The molecular formula is C15H16N10O4. The van der Waals surface area contributed by atoms with E-state index in [0.717, 1.165) is 0 Å². The Morgan fingerprint density at radius 2 is 1.66 bits per heavy atom. The first kappa shape index (κ1) is 18.2. The molecule has 0 bridgehead atoms. The van der Waals surface area contributed by atoms with Gasteiger partial charge in [-0.25, -0.2) is 4.99 Å². The number of aliphatic imine (C=N–C) groups is 1. The Labute approximate surface area is 161 Å². The normalized spacial score (nSPS) is 16.4. The molecule has 0 amide bonds. The van der Waals surface area contributed by atoms with Crippen LogP contribution in [0.2, 0.25) is 0 Å². The van der Waals surface area contributed by atoms with Gasteiger partial charge < -0.3 is 32.5 Å². The van der Waals surface area contributed by atoms with E-state index in [2.05, 4.69) is 40.9 Å². The molecule has 0 spiro atoms. The number of nitrogen functional groups attached to an aromatic ring is 2. The molecular weight excluding hydrogens is 384 g/mol. The number of ketones is 1. The molecule has 2 aromatic heterocycles. The standard InChI is InChI=1S/C15H16N10O4/c16-14-22-10-8(12(28)24-14)20-4(1-18-10)7(6(27)3-26)5-2-19-11-9(21-5)13(29)25-15(17)23-11/h20,26H,1-3H2,(H4,16,18,22,24,28)(H4,17,19,23,25,29)/b7-4+. The summed E-state index contributed by atoms with van der Waals surface area (Å²) in [6, 6.07) is 0. The molecule has 14 nitrogen and oxygen atoms in total. The average Bonchev–Trinajstić information content (AvgIpc) is 2.68. The van der Waals surface area contributed by atoms with Crippen molar-refractivity contribution in [3.05, 3.63) is 32.0 Å². The summed E-state index contributed by atoms with van der Waals surface area (Å²) < 4.78 is 0. The van der Waals surface area contributed by atoms with E-state index in [-0.39, 0.29) is 65.0 Å². The Kier molecular flexibility index (Phi) is 4.23. The number of carbonyl (C=O) groups is 1. The highest BCUT2D eigenvalue weighted by molar-refractivity contribution is 6.26. The number of H-pyrrole nitrogens is 2. The van der Waals surface area contributed by atoms with Gasteiger partial charge in [0.05, 0.1) is 24.4 Å². The van der Waals surface area contributed by atoms with Crippen LogP contribution in [0.25, 0.3) is 0 Å². The molecule has 2 aliphatic heterocycles. The number of aliphatic hydroxyl groups is 1. The summed E-state index contributed by atoms with van der Waals surface area (Å²) in [5.41, 5.74) is 10.4. The van der Waals surface area contributed by atoms with Gasteiger partial charge in [-0.3, -0.25) is 24.4 Å². The lowest BCUT2D eigenvalue weighted by atomic mass is 10.0. The summed E-state index contributed by atoms with van der Waals surface area (Å²) in [5.74, 6) is -0.402. The van der Waals surface area contributed by atoms with Gasteiger partial charge in [0.1, 0.15) is 12.3 Å². The Bertz CT molecular complexity index is 1210. The molecule has 0 aliphatic carbocycles. The van der Waals surface area contributed by atoms with Crippen LogP contribution in [0.3, 0.4) is 0 Å². The van der Waals surface area contributed by atoms with E-state index in [0.29, 0.717) is 0 Å². The summed E-state index contributed by atoms with van der Waals surface area (Å²) >= 11 is 0. The van der Waals surface area contributed by atoms with Crippen molar-refractivity contribution >= 4 is 46.4 Å². The molecule has 2 aliphatic rings. The highest BCUT2D eigenvalue weighted by atomic mass is 16.3. The fourth-order valence-corrected chi connectivity index (χ4v) is 3.03. The summed E-state index contributed by atoms with van der Waals surface area (Å²) in [5, 5.41) is 18.1. The lowest BCUT2D eigenvalue weighted by Gasteiger charge is -2.25. The maximum Gasteiger partial charge on any atom is 0.280 e. The van der Waals surface area contributed by atoms with Crippen LogP contribution in [0.1, 0.15) is 0 Å². The van der Waals surface area contributed by atoms with Crippen LogP contribution < -0.4 is 38.5 Å². The molecule has 0 saturated heterocycles. The summed E-state index contributed by atoms with van der Waals surface area (Å²) in [7, 11) is 0. The number of aromatic amines is 2. The second-order valence-corrected chi connectivity index (χ2v) is 6.15. The van der Waals surface area contributed by atoms with Crippen LogP contribution in [-0.2, 0) is 4.79 Å². The number of anilines is 5. The van der Waals surface area contributed by atoms with E-state index in [9.17, 15) is 19.5 Å². The van der Waals surface area contributed by atoms with Crippen LogP contribution in [0.15, 0.2) is 25.9 Å². The van der Waals surface area contributed by atoms with E-state index < -0.39 is 23.5 Å². The molecule has 2 aromatic rings. The van der Waals surface area contributed by atoms with Crippen molar-refractivity contribution in [2.45, 2.75) is 0 Å². The summed E-state index contributed by atoms with van der Waals surface area (Å²) in [6.07, 6.45) is 0. The van der Waals surface area contributed by atoms with Crippen molar-refractivity contribution < 1.29 is 9.90 Å². The van der Waals surface area contributed by atoms with Crippen LogP contribution >= 0.6 is 0 Å². The number of aromatic nitrogens is 4. The van der Waals surface area contributed by atoms with Gasteiger partial charge in [-0.1, -0.05) is 0 Å². The van der Waals surface area contributed by atoms with Gasteiger partial charge in [0.25, 0.3) is 11.1 Å². The van der Waals surface area contributed by atoms with Crippen LogP contribution in [0, 0.1) is 0 Å². The first-order valence-electron chi connectivity index (χ1n) is 8.37. The topological polar surface area (TPSA) is 229 Å². The minimum atomic E-state index is -0.800. The van der Waals surface area contributed by atoms with Crippen molar-refractivity contribution in [1.82, 2.24) is 19.9 Å². The van der Waals surface area contributed by atoms with E-state index in [1.165, 1.54) is 0 Å². The molecule has 14 heteroatoms. The largest absolute Gasteiger partial charge is 0.388 e. The van der Waals surface area contributed by atoms with Gasteiger partial charge in [0, 0.05) is 5.70 Å². The quantitative estimate of drug-likeness (QED) is 0.259. The Morgan fingerprint density at radius 1 is 1.00 bits per heavy atom. The molecule has 4 rings (SSSR count). The Morgan fingerprint density at radius 3 is 2.38 bits per heavy atom. The molecule has 0 saturated carbocycles. The van der Waals surface area contributed by atoms with Gasteiger partial charge in [-0.2, -0.15) is 9.97 Å². The number of nitrogens with zero attached hydrogens (tertiary/aromatic N) is 3. The molecule has 4 heterocycles. The average molecular weight is 400 g/mol. The van der Waals surface area contributed by atoms with Crippen molar-refractivity contribution in [1.29, 1.82) is 0 Å². The Balaban J connectivity index is 1.84. The summed E-state index contributed by atoms with van der Waals surface area (Å²) in [6.45, 7) is -0.684. The van der Waals surface area contributed by atoms with Crippen LogP contribution in [-0.4, -0.2) is 56.2 Å². The maximum absolute atomic E-state index is 12.5. The minimum absolute atomic E-state index is 0.0243. The number of hydrogen-bond donors (Lipinski definition) is 8. The van der Waals surface area contributed by atoms with Crippen molar-refractivity contribution in [3.8, 4) is 0 Å². The zero-order valence-electron chi connectivity index (χ0n) is 14.8. The molecule has 0 unspecified atom stereocenters.